The number of carbonyl (C=O) groups is 2. The fourth-order valence-corrected chi connectivity index (χ4v) is 2.36. The quantitative estimate of drug-likeness (QED) is 0.328. The van der Waals surface area contributed by atoms with Crippen LogP contribution in [0.4, 0.5) is 0 Å². The molecule has 25 heavy (non-hydrogen) atoms. The second-order valence-corrected chi connectivity index (χ2v) is 5.73. The molecule has 1 amide bonds. The van der Waals surface area contributed by atoms with Gasteiger partial charge in [-0.15, -0.1) is 0 Å². The Balaban J connectivity index is 1.67. The van der Waals surface area contributed by atoms with E-state index in [0.717, 1.165) is 24.8 Å². The van der Waals surface area contributed by atoms with Gasteiger partial charge < -0.3 is 10.1 Å². The van der Waals surface area contributed by atoms with Crippen molar-refractivity contribution in [1.82, 2.24) is 5.32 Å². The average Bonchev–Trinajstić information content (AvgIpc) is 2.65. The normalized spacial score (nSPS) is 10.1. The topological polar surface area (TPSA) is 55.4 Å². The van der Waals surface area contributed by atoms with E-state index >= 15 is 0 Å². The highest BCUT2D eigenvalue weighted by Crippen LogP contribution is 2.14. The predicted molar refractivity (Wildman–Crippen MR) is 98.1 cm³/mol. The lowest BCUT2D eigenvalue weighted by molar-refractivity contribution is -0.134. The molecule has 0 atom stereocenters. The second kappa shape index (κ2) is 10.1. The molecule has 1 N–H and O–H groups in total. The molecule has 0 bridgehead atoms. The Bertz CT molecular complexity index is 693. The van der Waals surface area contributed by atoms with Crippen molar-refractivity contribution in [2.24, 2.45) is 0 Å². The van der Waals surface area contributed by atoms with Gasteiger partial charge in [-0.25, -0.2) is 0 Å². The fraction of sp³-hybridized carbons (Fsp3) is 0.238. The van der Waals surface area contributed by atoms with Crippen molar-refractivity contribution >= 4 is 11.9 Å². The van der Waals surface area contributed by atoms with Crippen molar-refractivity contribution in [2.45, 2.75) is 32.2 Å². The Morgan fingerprint density at radius 3 is 2.36 bits per heavy atom. The van der Waals surface area contributed by atoms with E-state index in [-0.39, 0.29) is 11.9 Å². The van der Waals surface area contributed by atoms with Gasteiger partial charge in [0.2, 0.25) is 5.91 Å². The van der Waals surface area contributed by atoms with Crippen LogP contribution in [-0.4, -0.2) is 11.9 Å². The van der Waals surface area contributed by atoms with Gasteiger partial charge >= 0.3 is 5.97 Å². The van der Waals surface area contributed by atoms with Crippen LogP contribution in [0.25, 0.3) is 0 Å². The summed E-state index contributed by atoms with van der Waals surface area (Å²) in [7, 11) is 0. The van der Waals surface area contributed by atoms with E-state index in [0.29, 0.717) is 18.7 Å². The smallest absolute Gasteiger partial charge is 0.311 e. The molecule has 130 valence electrons. The highest BCUT2D eigenvalue weighted by atomic mass is 16.5. The monoisotopic (exact) mass is 337 g/mol. The van der Waals surface area contributed by atoms with Gasteiger partial charge in [-0.05, 0) is 48.6 Å². The summed E-state index contributed by atoms with van der Waals surface area (Å²) in [5, 5.41) is 2.69. The van der Waals surface area contributed by atoms with Crippen molar-refractivity contribution < 1.29 is 14.3 Å². The van der Waals surface area contributed by atoms with Gasteiger partial charge in [-0.1, -0.05) is 49.0 Å². The van der Waals surface area contributed by atoms with E-state index in [9.17, 15) is 9.59 Å². The number of ether oxygens (including phenoxy) is 1. The molecule has 4 heteroatoms. The van der Waals surface area contributed by atoms with Gasteiger partial charge in [0.1, 0.15) is 5.75 Å². The van der Waals surface area contributed by atoms with Crippen LogP contribution in [0.2, 0.25) is 0 Å². The van der Waals surface area contributed by atoms with E-state index in [1.807, 2.05) is 30.3 Å². The number of rotatable bonds is 9. The van der Waals surface area contributed by atoms with E-state index in [4.69, 9.17) is 4.74 Å². The van der Waals surface area contributed by atoms with Crippen molar-refractivity contribution in [3.8, 4) is 5.75 Å². The van der Waals surface area contributed by atoms with Gasteiger partial charge in [0.05, 0.1) is 0 Å². The van der Waals surface area contributed by atoms with Gasteiger partial charge in [-0.3, -0.25) is 9.59 Å². The van der Waals surface area contributed by atoms with Gasteiger partial charge in [0, 0.05) is 13.0 Å². The number of hydrogen-bond donors (Lipinski definition) is 1. The molecule has 0 aliphatic heterocycles. The third-order valence-electron chi connectivity index (χ3n) is 3.75. The van der Waals surface area contributed by atoms with Crippen LogP contribution in [0.1, 0.15) is 30.4 Å². The van der Waals surface area contributed by atoms with Crippen LogP contribution >= 0.6 is 0 Å². The minimum Gasteiger partial charge on any atom is -0.427 e. The maximum atomic E-state index is 11.9. The maximum absolute atomic E-state index is 11.9. The first-order valence-corrected chi connectivity index (χ1v) is 8.41. The molecule has 0 heterocycles. The lowest BCUT2D eigenvalue weighted by Gasteiger charge is -2.06. The Labute approximate surface area is 148 Å². The number of aryl methyl sites for hydroxylation is 1. The van der Waals surface area contributed by atoms with Gasteiger partial charge in [-0.2, -0.15) is 0 Å². The molecule has 2 aromatic carbocycles. The van der Waals surface area contributed by atoms with E-state index in [1.165, 1.54) is 11.6 Å². The molecule has 0 radical (unpaired) electrons. The number of carbonyl (C=O) groups excluding carboxylic acids is 2. The number of nitrogens with one attached hydrogen (secondary N) is 1. The number of amides is 1. The van der Waals surface area contributed by atoms with Crippen LogP contribution in [0.5, 0.6) is 5.75 Å². The summed E-state index contributed by atoms with van der Waals surface area (Å²) in [6.07, 6.45) is 4.37. The van der Waals surface area contributed by atoms with Crippen LogP contribution < -0.4 is 10.1 Å². The summed E-state index contributed by atoms with van der Waals surface area (Å²) in [4.78, 5) is 23.0. The Hall–Kier alpha value is -2.88. The summed E-state index contributed by atoms with van der Waals surface area (Å²) in [5.74, 6) is 0.0821. The zero-order valence-corrected chi connectivity index (χ0v) is 14.2. The van der Waals surface area contributed by atoms with Gasteiger partial charge in [0.15, 0.2) is 0 Å². The highest BCUT2D eigenvalue weighted by Gasteiger charge is 2.05. The highest BCUT2D eigenvalue weighted by molar-refractivity contribution is 5.86. The molecule has 0 fully saturated rings. The van der Waals surface area contributed by atoms with Crippen molar-refractivity contribution in [2.75, 3.05) is 0 Å². The molecule has 4 nitrogen and oxygen atoms in total. The number of benzene rings is 2. The second-order valence-electron chi connectivity index (χ2n) is 5.73. The molecule has 0 unspecified atom stereocenters. The zero-order valence-electron chi connectivity index (χ0n) is 14.2. The Morgan fingerprint density at radius 2 is 1.68 bits per heavy atom. The summed E-state index contributed by atoms with van der Waals surface area (Å²) in [6.45, 7) is 3.81. The predicted octanol–water partition coefficient (Wildman–Crippen LogP) is 3.81. The minimum absolute atomic E-state index is 0.217. The summed E-state index contributed by atoms with van der Waals surface area (Å²) in [5.41, 5.74) is 2.22. The third kappa shape index (κ3) is 7.04. The van der Waals surface area contributed by atoms with Crippen LogP contribution in [0.3, 0.4) is 0 Å². The lowest BCUT2D eigenvalue weighted by atomic mass is 10.1. The first-order valence-electron chi connectivity index (χ1n) is 8.41. The first kappa shape index (κ1) is 18.5. The van der Waals surface area contributed by atoms with Crippen LogP contribution in [-0.2, 0) is 22.6 Å². The van der Waals surface area contributed by atoms with Crippen molar-refractivity contribution in [3.05, 3.63) is 78.4 Å². The molecular formula is C21H23NO3. The average molecular weight is 337 g/mol. The summed E-state index contributed by atoms with van der Waals surface area (Å²) in [6, 6.07) is 17.3. The minimum atomic E-state index is -0.222. The molecule has 2 aromatic rings. The third-order valence-corrected chi connectivity index (χ3v) is 3.75. The molecule has 0 aliphatic rings. The molecule has 0 spiro atoms. The molecule has 0 saturated heterocycles. The molecule has 0 aliphatic carbocycles. The van der Waals surface area contributed by atoms with Gasteiger partial charge in [0.25, 0.3) is 0 Å². The van der Waals surface area contributed by atoms with Crippen molar-refractivity contribution in [1.29, 1.82) is 0 Å². The Morgan fingerprint density at radius 1 is 0.960 bits per heavy atom. The standard InChI is InChI=1S/C21H23NO3/c1-2-20(23)22-16-18-12-14-19(15-13-18)25-21(24)11-7-6-10-17-8-4-3-5-9-17/h2-5,8-9,12-15H,1,6-7,10-11,16H2,(H,22,23). The lowest BCUT2D eigenvalue weighted by Crippen LogP contribution is -2.19. The zero-order chi connectivity index (χ0) is 17.9. The SMILES string of the molecule is C=CC(=O)NCc1ccc(OC(=O)CCCCc2ccccc2)cc1. The molecular weight excluding hydrogens is 314 g/mol. The number of hydrogen-bond acceptors (Lipinski definition) is 3. The van der Waals surface area contributed by atoms with E-state index in [2.05, 4.69) is 24.0 Å². The molecule has 0 saturated carbocycles. The Kier molecular flexibility index (Phi) is 7.44. The number of unbranched alkanes of at least 4 members (excludes halogenated alkanes) is 1. The van der Waals surface area contributed by atoms with E-state index < -0.39 is 0 Å². The van der Waals surface area contributed by atoms with Crippen LogP contribution in [0, 0.1) is 0 Å². The maximum Gasteiger partial charge on any atom is 0.311 e. The molecule has 2 rings (SSSR count). The summed E-state index contributed by atoms with van der Waals surface area (Å²) >= 11 is 0. The summed E-state index contributed by atoms with van der Waals surface area (Å²) < 4.78 is 5.33. The van der Waals surface area contributed by atoms with Crippen LogP contribution in [0.15, 0.2) is 67.3 Å². The van der Waals surface area contributed by atoms with Crippen molar-refractivity contribution in [3.63, 3.8) is 0 Å². The fourth-order valence-electron chi connectivity index (χ4n) is 2.36. The molecule has 0 aromatic heterocycles. The largest absolute Gasteiger partial charge is 0.427 e. The van der Waals surface area contributed by atoms with E-state index in [1.54, 1.807) is 12.1 Å². The number of esters is 1. The first-order chi connectivity index (χ1) is 12.2.